The van der Waals surface area contributed by atoms with E-state index in [-0.39, 0.29) is 17.9 Å². The van der Waals surface area contributed by atoms with Gasteiger partial charge in [0, 0.05) is 13.8 Å². The molecule has 0 aromatic heterocycles. The van der Waals surface area contributed by atoms with Gasteiger partial charge in [-0.15, -0.1) is 0 Å². The fourth-order valence-corrected chi connectivity index (χ4v) is 2.76. The van der Waals surface area contributed by atoms with Gasteiger partial charge in [0.1, 0.15) is 18.2 Å². The zero-order valence-corrected chi connectivity index (χ0v) is 18.9. The number of nitrogens with two attached hydrogens (primary N) is 1. The maximum absolute atomic E-state index is 12.5. The summed E-state index contributed by atoms with van der Waals surface area (Å²) in [4.78, 5) is 47.2. The van der Waals surface area contributed by atoms with Crippen molar-refractivity contribution in [2.24, 2.45) is 5.73 Å². The Kier molecular flexibility index (Phi) is 9.11. The van der Waals surface area contributed by atoms with Crippen molar-refractivity contribution in [3.05, 3.63) is 59.7 Å². The van der Waals surface area contributed by atoms with Crippen molar-refractivity contribution in [1.82, 2.24) is 0 Å². The Labute approximate surface area is 191 Å². The van der Waals surface area contributed by atoms with Crippen LogP contribution in [0.2, 0.25) is 0 Å². The molecule has 2 aromatic carbocycles. The van der Waals surface area contributed by atoms with Crippen LogP contribution in [0.25, 0.3) is 0 Å². The molecule has 9 nitrogen and oxygen atoms in total. The number of ether oxygens (including phenoxy) is 4. The van der Waals surface area contributed by atoms with Gasteiger partial charge in [-0.25, -0.2) is 4.79 Å². The molecule has 2 N–H and O–H groups in total. The third-order valence-corrected chi connectivity index (χ3v) is 4.54. The van der Waals surface area contributed by atoms with Crippen molar-refractivity contribution in [3.63, 3.8) is 0 Å². The van der Waals surface area contributed by atoms with Gasteiger partial charge in [-0.3, -0.25) is 14.4 Å². The molecule has 2 rings (SSSR count). The summed E-state index contributed by atoms with van der Waals surface area (Å²) in [5.74, 6) is -2.29. The summed E-state index contributed by atoms with van der Waals surface area (Å²) in [5, 5.41) is 0. The molecule has 176 valence electrons. The number of rotatable bonds is 9. The fourth-order valence-electron chi connectivity index (χ4n) is 2.76. The number of benzene rings is 2. The molecule has 0 aliphatic rings. The normalized spacial score (nSPS) is 13.2. The Balaban J connectivity index is 1.98. The molecule has 3 atom stereocenters. The van der Waals surface area contributed by atoms with Crippen molar-refractivity contribution < 1.29 is 38.1 Å². The fraction of sp³-hybridized carbons (Fsp3) is 0.333. The SMILES string of the molecule is CC(=O)Oc1ccc(C[C@H](N)C(=O)O[C@@H](C)[C@H](C)OC(=O)c2ccccc2)cc1OC(C)=O. The van der Waals surface area contributed by atoms with Crippen LogP contribution in [0.15, 0.2) is 48.5 Å². The average molecular weight is 457 g/mol. The second kappa shape index (κ2) is 11.8. The molecule has 0 radical (unpaired) electrons. The monoisotopic (exact) mass is 457 g/mol. The van der Waals surface area contributed by atoms with Crippen LogP contribution in [-0.2, 0) is 30.3 Å². The maximum Gasteiger partial charge on any atom is 0.338 e. The largest absolute Gasteiger partial charge is 0.458 e. The number of hydrogen-bond donors (Lipinski definition) is 1. The van der Waals surface area contributed by atoms with Crippen molar-refractivity contribution in [2.45, 2.75) is 52.4 Å². The van der Waals surface area contributed by atoms with E-state index in [4.69, 9.17) is 24.7 Å². The first kappa shape index (κ1) is 25.5. The van der Waals surface area contributed by atoms with Crippen LogP contribution in [0.1, 0.15) is 43.6 Å². The molecular formula is C24H27NO8. The first-order valence-electron chi connectivity index (χ1n) is 10.3. The Morgan fingerprint density at radius 1 is 0.818 bits per heavy atom. The topological polar surface area (TPSA) is 131 Å². The molecule has 9 heteroatoms. The standard InChI is InChI=1S/C24H27NO8/c1-14(30-23(28)19-8-6-5-7-9-19)15(2)31-24(29)20(25)12-18-10-11-21(32-16(3)26)22(13-18)33-17(4)27/h5-11,13-15,20H,12,25H2,1-4H3/t14-,15-,20-/m0/s1. The van der Waals surface area contributed by atoms with E-state index < -0.39 is 42.1 Å². The van der Waals surface area contributed by atoms with Gasteiger partial charge >= 0.3 is 23.9 Å². The van der Waals surface area contributed by atoms with Gasteiger partial charge in [-0.2, -0.15) is 0 Å². The summed E-state index contributed by atoms with van der Waals surface area (Å²) in [6.45, 7) is 5.64. The molecule has 33 heavy (non-hydrogen) atoms. The van der Waals surface area contributed by atoms with Gasteiger partial charge in [-0.05, 0) is 50.1 Å². The molecule has 0 heterocycles. The Bertz CT molecular complexity index is 1000. The maximum atomic E-state index is 12.5. The third kappa shape index (κ3) is 8.04. The van der Waals surface area contributed by atoms with Crippen molar-refractivity contribution in [3.8, 4) is 11.5 Å². The van der Waals surface area contributed by atoms with Gasteiger partial charge in [0.15, 0.2) is 11.5 Å². The van der Waals surface area contributed by atoms with Crippen LogP contribution in [0.3, 0.4) is 0 Å². The van der Waals surface area contributed by atoms with E-state index in [9.17, 15) is 19.2 Å². The lowest BCUT2D eigenvalue weighted by Gasteiger charge is -2.22. The highest BCUT2D eigenvalue weighted by Gasteiger charge is 2.25. The Hall–Kier alpha value is -3.72. The molecule has 0 aliphatic carbocycles. The lowest BCUT2D eigenvalue weighted by Crippen LogP contribution is -2.39. The van der Waals surface area contributed by atoms with Crippen molar-refractivity contribution >= 4 is 23.9 Å². The van der Waals surface area contributed by atoms with Crippen LogP contribution in [0, 0.1) is 0 Å². The van der Waals surface area contributed by atoms with Crippen molar-refractivity contribution in [2.75, 3.05) is 0 Å². The molecule has 0 saturated heterocycles. The first-order valence-corrected chi connectivity index (χ1v) is 10.3. The molecule has 0 bridgehead atoms. The molecule has 2 aromatic rings. The van der Waals surface area contributed by atoms with Gasteiger partial charge in [0.2, 0.25) is 0 Å². The second-order valence-corrected chi connectivity index (χ2v) is 7.40. The molecule has 0 fully saturated rings. The number of hydrogen-bond acceptors (Lipinski definition) is 9. The third-order valence-electron chi connectivity index (χ3n) is 4.54. The highest BCUT2D eigenvalue weighted by atomic mass is 16.6. The molecule has 0 unspecified atom stereocenters. The first-order chi connectivity index (χ1) is 15.6. The van der Waals surface area contributed by atoms with Crippen molar-refractivity contribution in [1.29, 1.82) is 0 Å². The molecule has 0 aliphatic heterocycles. The number of carbonyl (C=O) groups is 4. The summed E-state index contributed by atoms with van der Waals surface area (Å²) >= 11 is 0. The lowest BCUT2D eigenvalue weighted by atomic mass is 10.1. The second-order valence-electron chi connectivity index (χ2n) is 7.40. The Morgan fingerprint density at radius 3 is 2.00 bits per heavy atom. The van der Waals surface area contributed by atoms with Crippen LogP contribution in [-0.4, -0.2) is 42.1 Å². The minimum Gasteiger partial charge on any atom is -0.458 e. The van der Waals surface area contributed by atoms with E-state index in [1.807, 2.05) is 0 Å². The minimum atomic E-state index is -1.03. The highest BCUT2D eigenvalue weighted by Crippen LogP contribution is 2.29. The summed E-state index contributed by atoms with van der Waals surface area (Å²) in [7, 11) is 0. The van der Waals surface area contributed by atoms with E-state index in [1.54, 1.807) is 50.2 Å². The average Bonchev–Trinajstić information content (AvgIpc) is 2.75. The zero-order chi connectivity index (χ0) is 24.5. The Morgan fingerprint density at radius 2 is 1.39 bits per heavy atom. The van der Waals surface area contributed by atoms with Crippen LogP contribution >= 0.6 is 0 Å². The van der Waals surface area contributed by atoms with E-state index in [2.05, 4.69) is 0 Å². The van der Waals surface area contributed by atoms with Gasteiger partial charge in [0.25, 0.3) is 0 Å². The van der Waals surface area contributed by atoms with E-state index in [1.165, 1.54) is 26.0 Å². The highest BCUT2D eigenvalue weighted by molar-refractivity contribution is 5.89. The predicted molar refractivity (Wildman–Crippen MR) is 118 cm³/mol. The molecule has 0 spiro atoms. The minimum absolute atomic E-state index is 0.0329. The molecular weight excluding hydrogens is 430 g/mol. The summed E-state index contributed by atoms with van der Waals surface area (Å²) in [6.07, 6.45) is -1.37. The van der Waals surface area contributed by atoms with Gasteiger partial charge < -0.3 is 24.7 Å². The van der Waals surface area contributed by atoms with E-state index in [0.29, 0.717) is 11.1 Å². The van der Waals surface area contributed by atoms with E-state index >= 15 is 0 Å². The lowest BCUT2D eigenvalue weighted by molar-refractivity contribution is -0.155. The van der Waals surface area contributed by atoms with Crippen LogP contribution in [0.4, 0.5) is 0 Å². The summed E-state index contributed by atoms with van der Waals surface area (Å²) in [6, 6.07) is 11.9. The quantitative estimate of drug-likeness (QED) is 0.446. The summed E-state index contributed by atoms with van der Waals surface area (Å²) in [5.41, 5.74) is 6.93. The van der Waals surface area contributed by atoms with Crippen LogP contribution in [0.5, 0.6) is 11.5 Å². The smallest absolute Gasteiger partial charge is 0.338 e. The predicted octanol–water partition coefficient (Wildman–Crippen LogP) is 2.58. The van der Waals surface area contributed by atoms with Crippen LogP contribution < -0.4 is 15.2 Å². The molecule has 0 amide bonds. The van der Waals surface area contributed by atoms with Gasteiger partial charge in [0.05, 0.1) is 5.56 Å². The molecule has 0 saturated carbocycles. The van der Waals surface area contributed by atoms with Gasteiger partial charge in [-0.1, -0.05) is 24.3 Å². The number of carbonyl (C=O) groups excluding carboxylic acids is 4. The summed E-state index contributed by atoms with van der Waals surface area (Å²) < 4.78 is 20.8. The number of esters is 4. The zero-order valence-electron chi connectivity index (χ0n) is 18.9. The van der Waals surface area contributed by atoms with E-state index in [0.717, 1.165) is 0 Å².